The predicted octanol–water partition coefficient (Wildman–Crippen LogP) is 6.96. The van der Waals surface area contributed by atoms with Crippen molar-refractivity contribution in [2.75, 3.05) is 0 Å². The molecule has 0 bridgehead atoms. The molecule has 27 heavy (non-hydrogen) atoms. The number of hydrogen-bond acceptors (Lipinski definition) is 1. The zero-order chi connectivity index (χ0) is 19.4. The molecule has 136 valence electrons. The van der Waals surface area contributed by atoms with Crippen LogP contribution in [0.4, 0.5) is 5.69 Å². The molecule has 0 fully saturated rings. The normalized spacial score (nSPS) is 11.0. The summed E-state index contributed by atoms with van der Waals surface area (Å²) in [7, 11) is 0. The average molecular weight is 580 g/mol. The van der Waals surface area contributed by atoms with Gasteiger partial charge in [-0.3, -0.25) is 0 Å². The van der Waals surface area contributed by atoms with Crippen LogP contribution in [0.1, 0.15) is 36.1 Å². The van der Waals surface area contributed by atoms with E-state index in [1.54, 1.807) is 0 Å². The summed E-state index contributed by atoms with van der Waals surface area (Å²) in [4.78, 5) is 0. The van der Waals surface area contributed by atoms with Gasteiger partial charge < -0.3 is 0 Å². The Hall–Kier alpha value is -1.62. The van der Waals surface area contributed by atoms with E-state index in [-0.39, 0.29) is 5.41 Å². The van der Waals surface area contributed by atoms with Crippen LogP contribution in [-0.4, -0.2) is 3.03 Å². The van der Waals surface area contributed by atoms with E-state index in [4.69, 9.17) is 2.26 Å². The fraction of sp³-hybridized carbons (Fsp3) is 0.240. The Morgan fingerprint density at radius 1 is 0.815 bits per heavy atom. The fourth-order valence-corrected chi connectivity index (χ4v) is 7.30. The molecule has 0 aliphatic rings. The van der Waals surface area contributed by atoms with Gasteiger partial charge in [0.1, 0.15) is 0 Å². The molecule has 0 radical (unpaired) electrons. The molecular weight excluding hydrogens is 552 g/mol. The first-order chi connectivity index (χ1) is 12.9. The van der Waals surface area contributed by atoms with Crippen molar-refractivity contribution in [1.82, 2.24) is 0 Å². The third-order valence-corrected chi connectivity index (χ3v) is 10.1. The number of nitrogens with zero attached hydrogens (tertiary/aromatic N) is 1. The van der Waals surface area contributed by atoms with Crippen molar-refractivity contribution in [2.45, 2.75) is 40.0 Å². The average Bonchev–Trinajstić information content (AvgIpc) is 2.63. The molecule has 1 nitrogen and oxygen atoms in total. The number of aryl methyl sites for hydroxylation is 3. The molecule has 3 aromatic carbocycles. The van der Waals surface area contributed by atoms with Gasteiger partial charge in [-0.15, -0.1) is 0 Å². The molecule has 0 atom stereocenters. The summed E-state index contributed by atoms with van der Waals surface area (Å²) >= 11 is -1.40. The minimum atomic E-state index is -1.40. The van der Waals surface area contributed by atoms with E-state index < -0.39 is 27.1 Å². The van der Waals surface area contributed by atoms with Gasteiger partial charge in [-0.1, -0.05) is 0 Å². The number of rotatable bonds is 4. The molecule has 0 N–H and O–H groups in total. The third kappa shape index (κ3) is 4.81. The molecule has 0 amide bonds. The van der Waals surface area contributed by atoms with E-state index in [0.717, 1.165) is 5.69 Å². The number of hydrogen-bond donors (Lipinski definition) is 0. The Morgan fingerprint density at radius 2 is 1.41 bits per heavy atom. The van der Waals surface area contributed by atoms with Crippen LogP contribution < -0.4 is 0 Å². The maximum absolute atomic E-state index is 5.15. The van der Waals surface area contributed by atoms with Crippen molar-refractivity contribution in [1.29, 1.82) is 0 Å². The van der Waals surface area contributed by atoms with Gasteiger partial charge in [0.05, 0.1) is 0 Å². The topological polar surface area (TPSA) is 12.4 Å². The Morgan fingerprint density at radius 3 is 2.07 bits per heavy atom. The first kappa shape index (κ1) is 20.1. The Labute approximate surface area is 177 Å². The quantitative estimate of drug-likeness (QED) is 0.317. The van der Waals surface area contributed by atoms with Crippen molar-refractivity contribution in [2.24, 2.45) is 2.26 Å². The van der Waals surface area contributed by atoms with E-state index in [9.17, 15) is 0 Å². The molecule has 3 aromatic rings. The van der Waals surface area contributed by atoms with Crippen molar-refractivity contribution in [3.63, 3.8) is 0 Å². The van der Waals surface area contributed by atoms with Crippen molar-refractivity contribution < 1.29 is 27.1 Å². The van der Waals surface area contributed by atoms with Crippen molar-refractivity contribution in [3.8, 4) is 11.1 Å². The summed E-state index contributed by atoms with van der Waals surface area (Å²) in [6.45, 7) is 11.2. The predicted molar refractivity (Wildman–Crippen MR) is 114 cm³/mol. The summed E-state index contributed by atoms with van der Waals surface area (Å²) in [5.74, 6) is 0. The molecule has 0 heterocycles. The van der Waals surface area contributed by atoms with Gasteiger partial charge in [-0.05, 0) is 0 Å². The van der Waals surface area contributed by atoms with Gasteiger partial charge in [0, 0.05) is 0 Å². The van der Waals surface area contributed by atoms with Gasteiger partial charge in [-0.2, -0.15) is 0 Å². The first-order valence-electron chi connectivity index (χ1n) is 9.42. The molecule has 0 spiro atoms. The molecule has 0 saturated carbocycles. The zero-order valence-electron chi connectivity index (χ0n) is 16.9. The summed E-state index contributed by atoms with van der Waals surface area (Å²) in [5, 5.41) is 0. The molecule has 0 aliphatic heterocycles. The van der Waals surface area contributed by atoms with E-state index in [1.165, 1.54) is 33.4 Å². The second-order valence-electron chi connectivity index (χ2n) is 7.76. The van der Waals surface area contributed by atoms with Gasteiger partial charge in [-0.25, -0.2) is 0 Å². The van der Waals surface area contributed by atoms with Gasteiger partial charge in [0.2, 0.25) is 0 Å². The summed E-state index contributed by atoms with van der Waals surface area (Å²) in [6, 6.07) is 23.9. The third-order valence-electron chi connectivity index (χ3n) is 4.98. The molecule has 2 heteroatoms. The van der Waals surface area contributed by atoms with E-state index in [0.29, 0.717) is 0 Å². The summed E-state index contributed by atoms with van der Waals surface area (Å²) in [6.07, 6.45) is 0. The number of benzene rings is 3. The van der Waals surface area contributed by atoms with Crippen molar-refractivity contribution in [3.05, 3.63) is 89.0 Å². The van der Waals surface area contributed by atoms with Gasteiger partial charge in [0.15, 0.2) is 0 Å². The standard InChI is InChI=1S/C15H15N.C10H12.U/c1-10-8-11(2)15(12(3)9-10)13-6-4-5-7-14(13)16;1-10(2,3)9-7-5-4-6-8-9;/h4-9H,1-3H3;1,4-8H,2-3H3;. The van der Waals surface area contributed by atoms with Crippen LogP contribution in [-0.2, 0) is 5.41 Å². The van der Waals surface area contributed by atoms with E-state index >= 15 is 0 Å². The summed E-state index contributed by atoms with van der Waals surface area (Å²) < 4.78 is 7.66. The van der Waals surface area contributed by atoms with Gasteiger partial charge in [0.25, 0.3) is 0 Å². The molecule has 0 aromatic heterocycles. The zero-order valence-corrected chi connectivity index (χ0v) is 21.0. The Bertz CT molecular complexity index is 986. The van der Waals surface area contributed by atoms with Crippen molar-refractivity contribution >= 4 is 8.71 Å². The van der Waals surface area contributed by atoms with E-state index in [1.807, 2.05) is 0 Å². The van der Waals surface area contributed by atoms with Crippen LogP contribution in [0.2, 0.25) is 0 Å². The van der Waals surface area contributed by atoms with Gasteiger partial charge >= 0.3 is 178 Å². The second-order valence-corrected chi connectivity index (χ2v) is 11.0. The first-order valence-corrected chi connectivity index (χ1v) is 13.7. The molecule has 0 unspecified atom stereocenters. The van der Waals surface area contributed by atoms with Crippen LogP contribution in [0, 0.1) is 47.9 Å². The van der Waals surface area contributed by atoms with Crippen LogP contribution in [0.15, 0.2) is 69.0 Å². The van der Waals surface area contributed by atoms with Crippen LogP contribution >= 0.6 is 0 Å². The molecule has 3 rings (SSSR count). The van der Waals surface area contributed by atoms with Crippen LogP contribution in [0.5, 0.6) is 0 Å². The second kappa shape index (κ2) is 8.59. The van der Waals surface area contributed by atoms with Crippen LogP contribution in [0.25, 0.3) is 11.1 Å². The fourth-order valence-electron chi connectivity index (χ4n) is 3.60. The molecular formula is C25H27NU. The summed E-state index contributed by atoms with van der Waals surface area (Å²) in [5.41, 5.74) is 9.21. The molecule has 0 saturated heterocycles. The van der Waals surface area contributed by atoms with Crippen LogP contribution in [0.3, 0.4) is 0 Å². The Balaban J connectivity index is 2.02. The van der Waals surface area contributed by atoms with E-state index in [2.05, 4.69) is 104 Å². The SMILES string of the molecule is Cc1cc(C)c(-c2ccccc2[N]=[U]=[CH]C(C)(C)c2ccccc2)c(C)c1. The Kier molecular flexibility index (Phi) is 6.41. The monoisotopic (exact) mass is 579 g/mol. The minimum absolute atomic E-state index is 0.0884. The molecule has 0 aliphatic carbocycles. The maximum atomic E-state index is 5.15.